The topological polar surface area (TPSA) is 122 Å². The molecule has 2 heterocycles. The SMILES string of the molecule is CCCNc1cccc(S(=O)(=O)NC(=O)c2ccc(-c3cc(F)cc(OCC(C)C)c3)nc2NCCC)n1. The van der Waals surface area contributed by atoms with Crippen LogP contribution in [0.5, 0.6) is 5.75 Å². The Bertz CT molecular complexity index is 1370. The first kappa shape index (κ1) is 28.8. The van der Waals surface area contributed by atoms with Gasteiger partial charge in [-0.05, 0) is 55.2 Å². The van der Waals surface area contributed by atoms with E-state index >= 15 is 0 Å². The first-order chi connectivity index (χ1) is 18.1. The molecule has 0 saturated carbocycles. The van der Waals surface area contributed by atoms with Crippen LogP contribution in [-0.2, 0) is 10.0 Å². The fourth-order valence-electron chi connectivity index (χ4n) is 3.38. The van der Waals surface area contributed by atoms with Gasteiger partial charge in [0.1, 0.15) is 23.2 Å². The number of aromatic nitrogens is 2. The molecular weight excluding hydrogens is 509 g/mol. The molecule has 9 nitrogen and oxygen atoms in total. The zero-order valence-electron chi connectivity index (χ0n) is 22.0. The van der Waals surface area contributed by atoms with Crippen molar-refractivity contribution in [3.63, 3.8) is 0 Å². The van der Waals surface area contributed by atoms with Gasteiger partial charge in [0, 0.05) is 24.7 Å². The van der Waals surface area contributed by atoms with E-state index in [0.29, 0.717) is 42.5 Å². The molecule has 0 aliphatic carbocycles. The molecule has 0 atom stereocenters. The van der Waals surface area contributed by atoms with Crippen molar-refractivity contribution in [1.29, 1.82) is 0 Å². The van der Waals surface area contributed by atoms with Gasteiger partial charge < -0.3 is 15.4 Å². The number of hydrogen-bond donors (Lipinski definition) is 3. The lowest BCUT2D eigenvalue weighted by Gasteiger charge is -2.14. The number of nitrogens with one attached hydrogen (secondary N) is 3. The fourth-order valence-corrected chi connectivity index (χ4v) is 4.32. The molecule has 11 heteroatoms. The van der Waals surface area contributed by atoms with Gasteiger partial charge >= 0.3 is 0 Å². The fraction of sp³-hybridized carbons (Fsp3) is 0.370. The Morgan fingerprint density at radius 2 is 1.74 bits per heavy atom. The van der Waals surface area contributed by atoms with Crippen LogP contribution in [0.1, 0.15) is 50.9 Å². The van der Waals surface area contributed by atoms with Crippen molar-refractivity contribution in [3.05, 3.63) is 59.9 Å². The largest absolute Gasteiger partial charge is 0.493 e. The summed E-state index contributed by atoms with van der Waals surface area (Å²) in [5.74, 6) is -0.139. The zero-order chi connectivity index (χ0) is 27.7. The van der Waals surface area contributed by atoms with Gasteiger partial charge in [-0.2, -0.15) is 8.42 Å². The molecule has 2 aromatic heterocycles. The van der Waals surface area contributed by atoms with Crippen molar-refractivity contribution in [3.8, 4) is 17.0 Å². The predicted octanol–water partition coefficient (Wildman–Crippen LogP) is 5.08. The summed E-state index contributed by atoms with van der Waals surface area (Å²) in [6.45, 7) is 9.45. The molecule has 1 amide bonds. The third-order valence-corrected chi connectivity index (χ3v) is 6.45. The Hall–Kier alpha value is -3.73. The van der Waals surface area contributed by atoms with Crippen LogP contribution >= 0.6 is 0 Å². The van der Waals surface area contributed by atoms with E-state index in [-0.39, 0.29) is 22.3 Å². The zero-order valence-corrected chi connectivity index (χ0v) is 22.9. The second kappa shape index (κ2) is 13.2. The second-order valence-electron chi connectivity index (χ2n) is 9.12. The average Bonchev–Trinajstić information content (AvgIpc) is 2.89. The summed E-state index contributed by atoms with van der Waals surface area (Å²) in [5, 5.41) is 5.80. The summed E-state index contributed by atoms with van der Waals surface area (Å²) in [5.41, 5.74) is 0.885. The van der Waals surface area contributed by atoms with Crippen LogP contribution in [0.15, 0.2) is 53.6 Å². The predicted molar refractivity (Wildman–Crippen MR) is 146 cm³/mol. The van der Waals surface area contributed by atoms with Gasteiger partial charge in [-0.1, -0.05) is 33.8 Å². The van der Waals surface area contributed by atoms with E-state index in [1.54, 1.807) is 18.2 Å². The van der Waals surface area contributed by atoms with Crippen LogP contribution in [0.4, 0.5) is 16.0 Å². The summed E-state index contributed by atoms with van der Waals surface area (Å²) in [4.78, 5) is 21.7. The van der Waals surface area contributed by atoms with E-state index in [0.717, 1.165) is 12.8 Å². The summed E-state index contributed by atoms with van der Waals surface area (Å²) in [7, 11) is -4.25. The molecule has 0 unspecified atom stereocenters. The van der Waals surface area contributed by atoms with Gasteiger partial charge in [-0.15, -0.1) is 0 Å². The summed E-state index contributed by atoms with van der Waals surface area (Å²) in [6.07, 6.45) is 1.58. The number of benzene rings is 1. The molecular formula is C27H34FN5O4S. The molecule has 1 aromatic carbocycles. The van der Waals surface area contributed by atoms with Gasteiger partial charge in [0.05, 0.1) is 17.9 Å². The van der Waals surface area contributed by atoms with E-state index in [1.165, 1.54) is 30.3 Å². The average molecular weight is 544 g/mol. The van der Waals surface area contributed by atoms with Crippen molar-refractivity contribution < 1.29 is 22.3 Å². The van der Waals surface area contributed by atoms with Crippen LogP contribution < -0.4 is 20.1 Å². The maximum atomic E-state index is 14.3. The molecule has 204 valence electrons. The Morgan fingerprint density at radius 3 is 2.45 bits per heavy atom. The normalized spacial score (nSPS) is 11.3. The lowest BCUT2D eigenvalue weighted by atomic mass is 10.1. The first-order valence-electron chi connectivity index (χ1n) is 12.6. The summed E-state index contributed by atoms with van der Waals surface area (Å²) >= 11 is 0. The maximum absolute atomic E-state index is 14.3. The van der Waals surface area contributed by atoms with Crippen LogP contribution in [0.2, 0.25) is 0 Å². The van der Waals surface area contributed by atoms with Crippen LogP contribution in [0, 0.1) is 11.7 Å². The molecule has 3 N–H and O–H groups in total. The minimum absolute atomic E-state index is 0.0266. The minimum Gasteiger partial charge on any atom is -0.493 e. The molecule has 3 aromatic rings. The number of ether oxygens (including phenoxy) is 1. The number of anilines is 2. The number of amides is 1. The quantitative estimate of drug-likeness (QED) is 0.273. The Labute approximate surface area is 223 Å². The van der Waals surface area contributed by atoms with Crippen LogP contribution in [0.25, 0.3) is 11.3 Å². The molecule has 38 heavy (non-hydrogen) atoms. The van der Waals surface area contributed by atoms with Crippen molar-refractivity contribution in [2.45, 2.75) is 45.6 Å². The Morgan fingerprint density at radius 1 is 1.00 bits per heavy atom. The first-order valence-corrected chi connectivity index (χ1v) is 14.1. The van der Waals surface area contributed by atoms with E-state index in [2.05, 4.69) is 25.3 Å². The van der Waals surface area contributed by atoms with E-state index in [1.807, 2.05) is 27.7 Å². The molecule has 0 saturated heterocycles. The molecule has 0 aliphatic heterocycles. The number of hydrogen-bond acceptors (Lipinski definition) is 8. The number of nitrogens with zero attached hydrogens (tertiary/aromatic N) is 2. The Kier molecular flexibility index (Phi) is 10.0. The highest BCUT2D eigenvalue weighted by Crippen LogP contribution is 2.27. The number of carbonyl (C=O) groups is 1. The van der Waals surface area contributed by atoms with E-state index in [4.69, 9.17) is 4.74 Å². The second-order valence-corrected chi connectivity index (χ2v) is 10.8. The lowest BCUT2D eigenvalue weighted by molar-refractivity contribution is 0.0982. The van der Waals surface area contributed by atoms with Crippen LogP contribution in [-0.4, -0.2) is 44.0 Å². The number of rotatable bonds is 13. The van der Waals surface area contributed by atoms with E-state index in [9.17, 15) is 17.6 Å². The molecule has 0 aliphatic rings. The van der Waals surface area contributed by atoms with Gasteiger partial charge in [0.15, 0.2) is 5.03 Å². The van der Waals surface area contributed by atoms with Crippen molar-refractivity contribution >= 4 is 27.6 Å². The lowest BCUT2D eigenvalue weighted by Crippen LogP contribution is -2.32. The number of sulfonamides is 1. The molecule has 3 rings (SSSR count). The van der Waals surface area contributed by atoms with Gasteiger partial charge in [-0.3, -0.25) is 4.79 Å². The summed E-state index contributed by atoms with van der Waals surface area (Å²) < 4.78 is 47.9. The summed E-state index contributed by atoms with van der Waals surface area (Å²) in [6, 6.07) is 11.8. The molecule has 0 fully saturated rings. The molecule has 0 bridgehead atoms. The van der Waals surface area contributed by atoms with Crippen molar-refractivity contribution in [1.82, 2.24) is 14.7 Å². The van der Waals surface area contributed by atoms with Crippen LogP contribution in [0.3, 0.4) is 0 Å². The minimum atomic E-state index is -4.25. The number of pyridine rings is 2. The number of halogens is 1. The van der Waals surface area contributed by atoms with E-state index < -0.39 is 21.7 Å². The number of carbonyl (C=O) groups excluding carboxylic acids is 1. The smallest absolute Gasteiger partial charge is 0.281 e. The third kappa shape index (κ3) is 7.88. The van der Waals surface area contributed by atoms with Gasteiger partial charge in [0.2, 0.25) is 0 Å². The van der Waals surface area contributed by atoms with Crippen molar-refractivity contribution in [2.24, 2.45) is 5.92 Å². The highest BCUT2D eigenvalue weighted by atomic mass is 32.2. The van der Waals surface area contributed by atoms with Crippen molar-refractivity contribution in [2.75, 3.05) is 30.3 Å². The van der Waals surface area contributed by atoms with Gasteiger partial charge in [0.25, 0.3) is 15.9 Å². The third-order valence-electron chi connectivity index (χ3n) is 5.21. The van der Waals surface area contributed by atoms with Gasteiger partial charge in [-0.25, -0.2) is 19.1 Å². The standard InChI is InChI=1S/C27H34FN5O4S/c1-5-12-29-24-8-7-9-25(32-24)38(35,36)33-27(34)22-10-11-23(31-26(22)30-13-6-2)19-14-20(28)16-21(15-19)37-17-18(3)4/h7-11,14-16,18H,5-6,12-13,17H2,1-4H3,(H,29,32)(H,30,31)(H,33,34). The molecule has 0 spiro atoms. The maximum Gasteiger partial charge on any atom is 0.281 e. The monoisotopic (exact) mass is 543 g/mol. The highest BCUT2D eigenvalue weighted by Gasteiger charge is 2.23. The molecule has 0 radical (unpaired) electrons. The Balaban J connectivity index is 1.90. The highest BCUT2D eigenvalue weighted by molar-refractivity contribution is 7.90.